The van der Waals surface area contributed by atoms with Crippen LogP contribution in [0.4, 0.5) is 0 Å². The van der Waals surface area contributed by atoms with Gasteiger partial charge in [0.2, 0.25) is 5.91 Å². The maximum absolute atomic E-state index is 12.6. The van der Waals surface area contributed by atoms with E-state index in [1.165, 1.54) is 4.88 Å². The van der Waals surface area contributed by atoms with Gasteiger partial charge in [0.15, 0.2) is 0 Å². The van der Waals surface area contributed by atoms with Gasteiger partial charge in [-0.25, -0.2) is 0 Å². The average molecular weight is 410 g/mol. The molecule has 2 atom stereocenters. The monoisotopic (exact) mass is 409 g/mol. The molecule has 2 aliphatic heterocycles. The standard InChI is InChI=1S/C21H35N3O3S/c1-17(2)12-23-7-9-27-19(14-23)11-22-21(25)16-24(13-18-5-3-8-26-18)15-20-6-4-10-28-20/h4,6,10,17-19H,3,5,7-9,11-16H2,1-2H3,(H,22,25). The Morgan fingerprint density at radius 3 is 2.93 bits per heavy atom. The second-order valence-corrected chi connectivity index (χ2v) is 9.37. The summed E-state index contributed by atoms with van der Waals surface area (Å²) in [5.41, 5.74) is 0. The lowest BCUT2D eigenvalue weighted by molar-refractivity contribution is -0.124. The summed E-state index contributed by atoms with van der Waals surface area (Å²) < 4.78 is 11.6. The summed E-state index contributed by atoms with van der Waals surface area (Å²) in [6, 6.07) is 4.19. The lowest BCUT2D eigenvalue weighted by Crippen LogP contribution is -2.49. The highest BCUT2D eigenvalue weighted by molar-refractivity contribution is 7.09. The highest BCUT2D eigenvalue weighted by Gasteiger charge is 2.23. The van der Waals surface area contributed by atoms with Crippen molar-refractivity contribution in [2.75, 3.05) is 52.5 Å². The lowest BCUT2D eigenvalue weighted by Gasteiger charge is -2.34. The fourth-order valence-electron chi connectivity index (χ4n) is 3.96. The molecule has 1 aromatic rings. The van der Waals surface area contributed by atoms with Crippen LogP contribution in [0.2, 0.25) is 0 Å². The first-order valence-corrected chi connectivity index (χ1v) is 11.4. The second kappa shape index (κ2) is 11.3. The van der Waals surface area contributed by atoms with Crippen LogP contribution in [0, 0.1) is 5.92 Å². The second-order valence-electron chi connectivity index (χ2n) is 8.33. The molecule has 28 heavy (non-hydrogen) atoms. The fraction of sp³-hybridized carbons (Fsp3) is 0.762. The highest BCUT2D eigenvalue weighted by Crippen LogP contribution is 2.17. The third kappa shape index (κ3) is 7.44. The third-order valence-corrected chi connectivity index (χ3v) is 6.05. The van der Waals surface area contributed by atoms with E-state index in [0.717, 1.165) is 58.8 Å². The molecule has 2 aliphatic rings. The van der Waals surface area contributed by atoms with Crippen molar-refractivity contribution in [2.45, 2.75) is 45.4 Å². The van der Waals surface area contributed by atoms with E-state index in [1.54, 1.807) is 11.3 Å². The topological polar surface area (TPSA) is 54.0 Å². The van der Waals surface area contributed by atoms with Gasteiger partial charge >= 0.3 is 0 Å². The van der Waals surface area contributed by atoms with Crippen LogP contribution in [-0.2, 0) is 20.8 Å². The number of ether oxygens (including phenoxy) is 2. The minimum absolute atomic E-state index is 0.0686. The van der Waals surface area contributed by atoms with Gasteiger partial charge in [0.25, 0.3) is 0 Å². The van der Waals surface area contributed by atoms with Crippen LogP contribution >= 0.6 is 11.3 Å². The molecular weight excluding hydrogens is 374 g/mol. The summed E-state index contributed by atoms with van der Waals surface area (Å²) in [6.45, 7) is 11.6. The van der Waals surface area contributed by atoms with E-state index in [9.17, 15) is 4.79 Å². The number of amides is 1. The van der Waals surface area contributed by atoms with Gasteiger partial charge in [-0.15, -0.1) is 11.3 Å². The lowest BCUT2D eigenvalue weighted by atomic mass is 10.2. The number of hydrogen-bond donors (Lipinski definition) is 1. The molecule has 7 heteroatoms. The molecule has 2 saturated heterocycles. The Hall–Kier alpha value is -0.990. The van der Waals surface area contributed by atoms with E-state index in [1.807, 2.05) is 0 Å². The van der Waals surface area contributed by atoms with E-state index in [4.69, 9.17) is 9.47 Å². The number of rotatable bonds is 10. The highest BCUT2D eigenvalue weighted by atomic mass is 32.1. The number of thiophene rings is 1. The average Bonchev–Trinajstić information content (AvgIpc) is 3.34. The molecule has 0 aliphatic carbocycles. The van der Waals surface area contributed by atoms with Crippen LogP contribution < -0.4 is 5.32 Å². The van der Waals surface area contributed by atoms with E-state index in [2.05, 4.69) is 46.5 Å². The normalized spacial score (nSPS) is 23.6. The SMILES string of the molecule is CC(C)CN1CCOC(CNC(=O)CN(Cc2cccs2)CC2CCCO2)C1. The molecule has 0 radical (unpaired) electrons. The maximum atomic E-state index is 12.6. The van der Waals surface area contributed by atoms with Crippen molar-refractivity contribution in [2.24, 2.45) is 5.92 Å². The Morgan fingerprint density at radius 2 is 2.21 bits per heavy atom. The number of carbonyl (C=O) groups is 1. The molecule has 2 unspecified atom stereocenters. The Morgan fingerprint density at radius 1 is 1.36 bits per heavy atom. The summed E-state index contributed by atoms with van der Waals surface area (Å²) in [4.78, 5) is 18.5. The molecule has 1 aromatic heterocycles. The van der Waals surface area contributed by atoms with E-state index in [0.29, 0.717) is 19.0 Å². The van der Waals surface area contributed by atoms with Crippen LogP contribution in [0.25, 0.3) is 0 Å². The molecule has 0 aromatic carbocycles. The largest absolute Gasteiger partial charge is 0.377 e. The Labute approximate surface area is 173 Å². The number of nitrogens with one attached hydrogen (secondary N) is 1. The van der Waals surface area contributed by atoms with Crippen LogP contribution in [0.15, 0.2) is 17.5 Å². The molecule has 0 spiro atoms. The van der Waals surface area contributed by atoms with E-state index >= 15 is 0 Å². The molecule has 3 rings (SSSR count). The van der Waals surface area contributed by atoms with E-state index in [-0.39, 0.29) is 18.1 Å². The molecule has 1 amide bonds. The number of hydrogen-bond acceptors (Lipinski definition) is 6. The Kier molecular flexibility index (Phi) is 8.73. The smallest absolute Gasteiger partial charge is 0.234 e. The molecule has 0 saturated carbocycles. The first-order chi connectivity index (χ1) is 13.6. The summed E-state index contributed by atoms with van der Waals surface area (Å²) in [6.07, 6.45) is 2.54. The van der Waals surface area contributed by atoms with Crippen molar-refractivity contribution in [3.8, 4) is 0 Å². The van der Waals surface area contributed by atoms with Crippen LogP contribution in [0.5, 0.6) is 0 Å². The van der Waals surface area contributed by atoms with Gasteiger partial charge in [-0.05, 0) is 30.2 Å². The quantitative estimate of drug-likeness (QED) is 0.642. The van der Waals surface area contributed by atoms with Crippen LogP contribution in [0.1, 0.15) is 31.6 Å². The first kappa shape index (κ1) is 21.7. The van der Waals surface area contributed by atoms with Crippen molar-refractivity contribution in [1.29, 1.82) is 0 Å². The zero-order chi connectivity index (χ0) is 19.8. The van der Waals surface area contributed by atoms with Crippen molar-refractivity contribution in [3.63, 3.8) is 0 Å². The molecule has 3 heterocycles. The summed E-state index contributed by atoms with van der Waals surface area (Å²) in [7, 11) is 0. The van der Waals surface area contributed by atoms with Gasteiger partial charge in [-0.2, -0.15) is 0 Å². The van der Waals surface area contributed by atoms with Crippen molar-refractivity contribution >= 4 is 17.2 Å². The predicted octanol–water partition coefficient (Wildman–Crippen LogP) is 2.20. The summed E-state index contributed by atoms with van der Waals surface area (Å²) in [5, 5.41) is 5.18. The molecule has 158 valence electrons. The van der Waals surface area contributed by atoms with Gasteiger partial charge in [-0.1, -0.05) is 19.9 Å². The van der Waals surface area contributed by atoms with Crippen molar-refractivity contribution in [3.05, 3.63) is 22.4 Å². The van der Waals surface area contributed by atoms with Gasteiger partial charge < -0.3 is 14.8 Å². The van der Waals surface area contributed by atoms with Crippen LogP contribution in [-0.4, -0.2) is 80.4 Å². The fourth-order valence-corrected chi connectivity index (χ4v) is 4.70. The van der Waals surface area contributed by atoms with Gasteiger partial charge in [0.1, 0.15) is 0 Å². The number of nitrogens with zero attached hydrogens (tertiary/aromatic N) is 2. The van der Waals surface area contributed by atoms with Gasteiger partial charge in [-0.3, -0.25) is 14.6 Å². The van der Waals surface area contributed by atoms with E-state index < -0.39 is 0 Å². The molecule has 6 nitrogen and oxygen atoms in total. The summed E-state index contributed by atoms with van der Waals surface area (Å²) in [5.74, 6) is 0.719. The van der Waals surface area contributed by atoms with Gasteiger partial charge in [0, 0.05) is 50.8 Å². The zero-order valence-corrected chi connectivity index (χ0v) is 18.1. The minimum Gasteiger partial charge on any atom is -0.377 e. The predicted molar refractivity (Wildman–Crippen MR) is 113 cm³/mol. The van der Waals surface area contributed by atoms with Gasteiger partial charge in [0.05, 0.1) is 25.4 Å². The molecular formula is C21H35N3O3S. The molecule has 2 fully saturated rings. The van der Waals surface area contributed by atoms with Crippen molar-refractivity contribution < 1.29 is 14.3 Å². The minimum atomic E-state index is 0.0686. The zero-order valence-electron chi connectivity index (χ0n) is 17.3. The number of carbonyl (C=O) groups excluding carboxylic acids is 1. The Bertz CT molecular complexity index is 575. The molecule has 0 bridgehead atoms. The first-order valence-electron chi connectivity index (χ1n) is 10.6. The number of morpholine rings is 1. The molecule has 1 N–H and O–H groups in total. The van der Waals surface area contributed by atoms with Crippen molar-refractivity contribution in [1.82, 2.24) is 15.1 Å². The maximum Gasteiger partial charge on any atom is 0.234 e. The van der Waals surface area contributed by atoms with Crippen LogP contribution in [0.3, 0.4) is 0 Å². The summed E-state index contributed by atoms with van der Waals surface area (Å²) >= 11 is 1.74. The Balaban J connectivity index is 1.44. The third-order valence-electron chi connectivity index (χ3n) is 5.19.